The van der Waals surface area contributed by atoms with E-state index in [1.807, 2.05) is 16.5 Å². The number of carbonyl (C=O) groups excluding carboxylic acids is 1. The van der Waals surface area contributed by atoms with Crippen LogP contribution in [-0.4, -0.2) is 49.0 Å². The molecular weight excluding hydrogens is 336 g/mol. The fraction of sp³-hybridized carbons (Fsp3) is 0.500. The molecule has 134 valence electrons. The Balaban J connectivity index is 1.65. The van der Waals surface area contributed by atoms with Gasteiger partial charge >= 0.3 is 0 Å². The molecule has 2 heterocycles. The van der Waals surface area contributed by atoms with Gasteiger partial charge in [-0.2, -0.15) is 0 Å². The summed E-state index contributed by atoms with van der Waals surface area (Å²) in [5.41, 5.74) is 0.882. The SMILES string of the molecule is CC[C@H]1CCCCN1C(=O)CSc1nnc(-c2ccc(O)cc2)n1C. The molecule has 0 saturated carbocycles. The molecule has 0 unspecified atom stereocenters. The minimum Gasteiger partial charge on any atom is -0.508 e. The fourth-order valence-corrected chi connectivity index (χ4v) is 4.06. The summed E-state index contributed by atoms with van der Waals surface area (Å²) >= 11 is 1.43. The summed E-state index contributed by atoms with van der Waals surface area (Å²) in [5, 5.41) is 18.6. The molecule has 3 rings (SSSR count). The van der Waals surface area contributed by atoms with Crippen molar-refractivity contribution >= 4 is 17.7 Å². The van der Waals surface area contributed by atoms with Gasteiger partial charge in [-0.15, -0.1) is 10.2 Å². The third kappa shape index (κ3) is 3.98. The van der Waals surface area contributed by atoms with Gasteiger partial charge in [0.15, 0.2) is 11.0 Å². The van der Waals surface area contributed by atoms with Gasteiger partial charge in [0.1, 0.15) is 5.75 Å². The Bertz CT molecular complexity index is 729. The van der Waals surface area contributed by atoms with Crippen molar-refractivity contribution in [3.63, 3.8) is 0 Å². The van der Waals surface area contributed by atoms with Crippen molar-refractivity contribution in [3.8, 4) is 17.1 Å². The number of phenols is 1. The summed E-state index contributed by atoms with van der Waals surface area (Å²) in [7, 11) is 1.89. The summed E-state index contributed by atoms with van der Waals surface area (Å²) in [6.07, 6.45) is 4.45. The van der Waals surface area contributed by atoms with Gasteiger partial charge in [0.25, 0.3) is 0 Å². The first-order valence-electron chi connectivity index (χ1n) is 8.71. The molecule has 1 N–H and O–H groups in total. The van der Waals surface area contributed by atoms with Crippen LogP contribution in [0.1, 0.15) is 32.6 Å². The van der Waals surface area contributed by atoms with Gasteiger partial charge in [-0.3, -0.25) is 4.79 Å². The van der Waals surface area contributed by atoms with Crippen molar-refractivity contribution in [2.45, 2.75) is 43.8 Å². The molecule has 0 aliphatic carbocycles. The summed E-state index contributed by atoms with van der Waals surface area (Å²) in [5.74, 6) is 1.51. The predicted molar refractivity (Wildman–Crippen MR) is 98.5 cm³/mol. The lowest BCUT2D eigenvalue weighted by Gasteiger charge is -2.35. The average Bonchev–Trinajstić information content (AvgIpc) is 3.01. The molecule has 2 aromatic rings. The van der Waals surface area contributed by atoms with E-state index in [9.17, 15) is 9.90 Å². The van der Waals surface area contributed by atoms with Gasteiger partial charge in [-0.1, -0.05) is 18.7 Å². The van der Waals surface area contributed by atoms with Crippen LogP contribution in [0.5, 0.6) is 5.75 Å². The van der Waals surface area contributed by atoms with Gasteiger partial charge in [0, 0.05) is 25.2 Å². The lowest BCUT2D eigenvalue weighted by Crippen LogP contribution is -2.44. The van der Waals surface area contributed by atoms with E-state index in [-0.39, 0.29) is 11.7 Å². The van der Waals surface area contributed by atoms with Crippen LogP contribution in [0.2, 0.25) is 0 Å². The summed E-state index contributed by atoms with van der Waals surface area (Å²) in [6, 6.07) is 7.24. The number of likely N-dealkylation sites (tertiary alicyclic amines) is 1. The lowest BCUT2D eigenvalue weighted by atomic mass is 10.0. The van der Waals surface area contributed by atoms with Gasteiger partial charge in [-0.25, -0.2) is 0 Å². The highest BCUT2D eigenvalue weighted by Crippen LogP contribution is 2.25. The Hall–Kier alpha value is -2.02. The van der Waals surface area contributed by atoms with E-state index in [0.717, 1.165) is 42.4 Å². The molecule has 1 aromatic heterocycles. The monoisotopic (exact) mass is 360 g/mol. The molecule has 0 bridgehead atoms. The number of piperidine rings is 1. The van der Waals surface area contributed by atoms with Crippen LogP contribution in [0.15, 0.2) is 29.4 Å². The molecule has 0 radical (unpaired) electrons. The van der Waals surface area contributed by atoms with Crippen molar-refractivity contribution in [2.75, 3.05) is 12.3 Å². The van der Waals surface area contributed by atoms with E-state index in [0.29, 0.717) is 11.8 Å². The van der Waals surface area contributed by atoms with Gasteiger partial charge in [0.05, 0.1) is 5.75 Å². The van der Waals surface area contributed by atoms with E-state index < -0.39 is 0 Å². The Morgan fingerprint density at radius 2 is 2.04 bits per heavy atom. The number of aromatic hydroxyl groups is 1. The number of rotatable bonds is 5. The first-order valence-corrected chi connectivity index (χ1v) is 9.69. The van der Waals surface area contributed by atoms with E-state index in [1.165, 1.54) is 18.2 Å². The Kier molecular flexibility index (Phi) is 5.63. The van der Waals surface area contributed by atoms with Crippen LogP contribution in [0, 0.1) is 0 Å². The molecule has 7 heteroatoms. The molecule has 25 heavy (non-hydrogen) atoms. The van der Waals surface area contributed by atoms with Crippen molar-refractivity contribution < 1.29 is 9.90 Å². The first-order chi connectivity index (χ1) is 12.1. The zero-order valence-corrected chi connectivity index (χ0v) is 15.5. The largest absolute Gasteiger partial charge is 0.508 e. The fourth-order valence-electron chi connectivity index (χ4n) is 3.27. The number of amides is 1. The zero-order chi connectivity index (χ0) is 17.8. The number of carbonyl (C=O) groups is 1. The second-order valence-corrected chi connectivity index (χ2v) is 7.29. The highest BCUT2D eigenvalue weighted by Gasteiger charge is 2.25. The molecule has 1 aliphatic heterocycles. The zero-order valence-electron chi connectivity index (χ0n) is 14.7. The van der Waals surface area contributed by atoms with Crippen LogP contribution < -0.4 is 0 Å². The van der Waals surface area contributed by atoms with Crippen LogP contribution >= 0.6 is 11.8 Å². The third-order valence-corrected chi connectivity index (χ3v) is 5.71. The summed E-state index contributed by atoms with van der Waals surface area (Å²) in [4.78, 5) is 14.6. The first kappa shape index (κ1) is 17.8. The van der Waals surface area contributed by atoms with Crippen LogP contribution in [0.25, 0.3) is 11.4 Å². The van der Waals surface area contributed by atoms with Crippen molar-refractivity contribution in [1.29, 1.82) is 0 Å². The minimum absolute atomic E-state index is 0.186. The quantitative estimate of drug-likeness (QED) is 0.830. The minimum atomic E-state index is 0.186. The van der Waals surface area contributed by atoms with Crippen LogP contribution in [-0.2, 0) is 11.8 Å². The third-order valence-electron chi connectivity index (χ3n) is 4.70. The summed E-state index contributed by atoms with van der Waals surface area (Å²) in [6.45, 7) is 3.02. The molecular formula is C18H24N4O2S. The van der Waals surface area contributed by atoms with Crippen molar-refractivity contribution in [2.24, 2.45) is 7.05 Å². The second kappa shape index (κ2) is 7.91. The topological polar surface area (TPSA) is 71.2 Å². The van der Waals surface area contributed by atoms with Crippen LogP contribution in [0.3, 0.4) is 0 Å². The molecule has 1 saturated heterocycles. The highest BCUT2D eigenvalue weighted by molar-refractivity contribution is 7.99. The van der Waals surface area contributed by atoms with Crippen molar-refractivity contribution in [1.82, 2.24) is 19.7 Å². The van der Waals surface area contributed by atoms with Gasteiger partial charge in [0.2, 0.25) is 5.91 Å². The maximum absolute atomic E-state index is 12.6. The van der Waals surface area contributed by atoms with E-state index in [2.05, 4.69) is 17.1 Å². The van der Waals surface area contributed by atoms with Gasteiger partial charge < -0.3 is 14.6 Å². The van der Waals surface area contributed by atoms with E-state index in [1.54, 1.807) is 24.3 Å². The Morgan fingerprint density at radius 3 is 2.76 bits per heavy atom. The maximum Gasteiger partial charge on any atom is 0.233 e. The standard InChI is InChI=1S/C18H24N4O2S/c1-3-14-6-4-5-11-22(14)16(24)12-25-18-20-19-17(21(18)2)13-7-9-15(23)10-8-13/h7-10,14,23H,3-6,11-12H2,1-2H3/t14-/m0/s1. The molecule has 1 amide bonds. The number of benzene rings is 1. The molecule has 1 aromatic carbocycles. The normalized spacial score (nSPS) is 17.7. The molecule has 1 aliphatic rings. The lowest BCUT2D eigenvalue weighted by molar-refractivity contribution is -0.132. The van der Waals surface area contributed by atoms with Crippen LogP contribution in [0.4, 0.5) is 0 Å². The number of aromatic nitrogens is 3. The number of phenolic OH excluding ortho intramolecular Hbond substituents is 1. The van der Waals surface area contributed by atoms with E-state index in [4.69, 9.17) is 0 Å². The second-order valence-electron chi connectivity index (χ2n) is 6.35. The Labute approximate surface area is 152 Å². The Morgan fingerprint density at radius 1 is 1.28 bits per heavy atom. The highest BCUT2D eigenvalue weighted by atomic mass is 32.2. The number of hydrogen-bond acceptors (Lipinski definition) is 5. The number of thioether (sulfide) groups is 1. The average molecular weight is 360 g/mol. The molecule has 0 spiro atoms. The number of hydrogen-bond donors (Lipinski definition) is 1. The molecule has 1 atom stereocenters. The smallest absolute Gasteiger partial charge is 0.233 e. The number of nitrogens with zero attached hydrogens (tertiary/aromatic N) is 4. The molecule has 6 nitrogen and oxygen atoms in total. The predicted octanol–water partition coefficient (Wildman–Crippen LogP) is 3.07. The maximum atomic E-state index is 12.6. The summed E-state index contributed by atoms with van der Waals surface area (Å²) < 4.78 is 1.89. The molecule has 1 fully saturated rings. The van der Waals surface area contributed by atoms with Crippen molar-refractivity contribution in [3.05, 3.63) is 24.3 Å². The van der Waals surface area contributed by atoms with Gasteiger partial charge in [-0.05, 0) is 49.9 Å². The van der Waals surface area contributed by atoms with E-state index >= 15 is 0 Å².